The van der Waals surface area contributed by atoms with E-state index >= 15 is 0 Å². The number of anilines is 6. The lowest BCUT2D eigenvalue weighted by Gasteiger charge is -2.47. The van der Waals surface area contributed by atoms with E-state index in [1.54, 1.807) is 0 Å². The Kier molecular flexibility index (Phi) is 13.2. The Labute approximate surface area is 477 Å². The molecule has 0 fully saturated rings. The minimum Gasteiger partial charge on any atom is -0.468 e. The van der Waals surface area contributed by atoms with Gasteiger partial charge in [0.05, 0.1) is 17.0 Å². The second-order valence-corrected chi connectivity index (χ2v) is 30.2. The van der Waals surface area contributed by atoms with Gasteiger partial charge in [-0.25, -0.2) is 0 Å². The van der Waals surface area contributed by atoms with Crippen molar-refractivity contribution in [3.8, 4) is 0 Å². The first-order valence-electron chi connectivity index (χ1n) is 30.5. The first-order valence-corrected chi connectivity index (χ1v) is 30.5. The lowest BCUT2D eigenvalue weighted by molar-refractivity contribution is 0.332. The lowest BCUT2D eigenvalue weighted by Crippen LogP contribution is -2.61. The molecule has 0 saturated heterocycles. The smallest absolute Gasteiger partial charge is 0.297 e. The average Bonchev–Trinajstić information content (AvgIpc) is 3.32. The first kappa shape index (κ1) is 55.2. The maximum Gasteiger partial charge on any atom is 0.297 e. The lowest BCUT2D eigenvalue weighted by atomic mass is 9.35. The van der Waals surface area contributed by atoms with Gasteiger partial charge in [0.2, 0.25) is 0 Å². The molecule has 0 unspecified atom stereocenters. The molecule has 11 rings (SSSR count). The summed E-state index contributed by atoms with van der Waals surface area (Å²) < 4.78 is 7.82. The van der Waals surface area contributed by atoms with Crippen LogP contribution in [0.5, 0.6) is 0 Å². The Balaban J connectivity index is 1.28. The van der Waals surface area contributed by atoms with Crippen molar-refractivity contribution in [1.29, 1.82) is 0 Å². The normalized spacial score (nSPS) is 19.1. The highest BCUT2D eigenvalue weighted by Gasteiger charge is 2.50. The zero-order chi connectivity index (χ0) is 56.7. The van der Waals surface area contributed by atoms with Crippen LogP contribution in [-0.4, -0.2) is 6.71 Å². The van der Waals surface area contributed by atoms with E-state index in [1.165, 1.54) is 107 Å². The number of hydrogen-bond acceptors (Lipinski definition) is 3. The Morgan fingerprint density at radius 3 is 1.82 bits per heavy atom. The molecule has 0 bridgehead atoms. The van der Waals surface area contributed by atoms with Crippen LogP contribution in [0.25, 0.3) is 16.5 Å². The van der Waals surface area contributed by atoms with E-state index in [2.05, 4.69) is 257 Å². The Morgan fingerprint density at radius 2 is 1.24 bits per heavy atom. The second kappa shape index (κ2) is 18.9. The number of fused-ring (bicyclic) bond motifs is 8. The van der Waals surface area contributed by atoms with Gasteiger partial charge in [0.25, 0.3) is 6.71 Å². The second-order valence-electron chi connectivity index (χ2n) is 30.2. The van der Waals surface area contributed by atoms with Crippen molar-refractivity contribution in [2.45, 2.75) is 221 Å². The van der Waals surface area contributed by atoms with Gasteiger partial charge in [0.15, 0.2) is 0 Å². The fourth-order valence-corrected chi connectivity index (χ4v) is 14.3. The topological polar surface area (TPSA) is 19.6 Å². The van der Waals surface area contributed by atoms with Crippen LogP contribution >= 0.6 is 0 Å². The summed E-state index contributed by atoms with van der Waals surface area (Å²) in [6.07, 6.45) is 22.6. The van der Waals surface area contributed by atoms with Crippen molar-refractivity contribution in [1.82, 2.24) is 0 Å². The van der Waals surface area contributed by atoms with Gasteiger partial charge in [-0.05, 0) is 207 Å². The minimum atomic E-state index is -0.164. The molecule has 412 valence electrons. The number of furan rings is 1. The molecule has 0 spiro atoms. The van der Waals surface area contributed by atoms with Crippen LogP contribution in [0.1, 0.15) is 227 Å². The highest BCUT2D eigenvalue weighted by Crippen LogP contribution is 2.55. The average molecular weight is 1050 g/mol. The maximum atomic E-state index is 7.82. The van der Waals surface area contributed by atoms with E-state index in [0.717, 1.165) is 61.9 Å². The van der Waals surface area contributed by atoms with Crippen molar-refractivity contribution in [2.24, 2.45) is 5.92 Å². The molecule has 3 aliphatic carbocycles. The highest BCUT2D eigenvalue weighted by atomic mass is 16.3. The van der Waals surface area contributed by atoms with E-state index in [4.69, 9.17) is 4.42 Å². The number of hydrogen-bond donors (Lipinski definition) is 0. The SMILES string of the molecule is C/C=C\C=C(/C)C(C)(C)c1ccc(N2c3cc(C(C)(C)C)cc4c3B(c3cc5c(cc3N4c3ccc(C(C)(C)CCC(C)C)cc3C3=CC=CCC3)C(C)(C)CCC5(C)C)c3oc4cc5c(cc4c32)C(C)(C)CCC5(C)C)cc1. The van der Waals surface area contributed by atoms with Gasteiger partial charge in [-0.15, -0.1) is 0 Å². The summed E-state index contributed by atoms with van der Waals surface area (Å²) in [6.45, 7) is 45.6. The summed E-state index contributed by atoms with van der Waals surface area (Å²) in [5.74, 6) is 0.652. The summed E-state index contributed by atoms with van der Waals surface area (Å²) in [5, 5.41) is 1.21. The molecule has 5 aromatic carbocycles. The number of benzene rings is 5. The van der Waals surface area contributed by atoms with Crippen LogP contribution in [0, 0.1) is 5.92 Å². The van der Waals surface area contributed by atoms with E-state index in [9.17, 15) is 0 Å². The summed E-state index contributed by atoms with van der Waals surface area (Å²) in [5.41, 5.74) is 25.8. The van der Waals surface area contributed by atoms with E-state index in [1.807, 2.05) is 0 Å². The zero-order valence-corrected chi connectivity index (χ0v) is 52.1. The van der Waals surface area contributed by atoms with Gasteiger partial charge in [0, 0.05) is 39.1 Å². The number of allylic oxidation sites excluding steroid dienone is 8. The zero-order valence-electron chi connectivity index (χ0n) is 52.1. The molecule has 6 aromatic rings. The summed E-state index contributed by atoms with van der Waals surface area (Å²) in [6, 6.07) is 32.8. The fraction of sp³-hybridized carbons (Fsp3) is 0.467. The molecule has 4 heteroatoms. The molecule has 79 heavy (non-hydrogen) atoms. The molecule has 1 aromatic heterocycles. The molecule has 0 saturated carbocycles. The van der Waals surface area contributed by atoms with E-state index < -0.39 is 0 Å². The molecule has 2 aliphatic heterocycles. The largest absolute Gasteiger partial charge is 0.468 e. The van der Waals surface area contributed by atoms with Crippen molar-refractivity contribution in [3.05, 3.63) is 165 Å². The highest BCUT2D eigenvalue weighted by molar-refractivity contribution is 7.00. The van der Waals surface area contributed by atoms with Gasteiger partial charge in [-0.1, -0.05) is 190 Å². The molecule has 3 nitrogen and oxygen atoms in total. The third-order valence-electron chi connectivity index (χ3n) is 20.6. The number of rotatable bonds is 10. The van der Waals surface area contributed by atoms with Gasteiger partial charge in [-0.3, -0.25) is 0 Å². The van der Waals surface area contributed by atoms with Gasteiger partial charge in [-0.2, -0.15) is 0 Å². The van der Waals surface area contributed by atoms with E-state index in [-0.39, 0.29) is 44.6 Å². The quantitative estimate of drug-likeness (QED) is 0.101. The monoisotopic (exact) mass is 1050 g/mol. The summed E-state index contributed by atoms with van der Waals surface area (Å²) in [4.78, 5) is 5.39. The molecule has 0 N–H and O–H groups in total. The molecule has 0 radical (unpaired) electrons. The van der Waals surface area contributed by atoms with Crippen LogP contribution in [0.3, 0.4) is 0 Å². The molecular weight excluding hydrogens is 956 g/mol. The minimum absolute atomic E-state index is 0.00105. The van der Waals surface area contributed by atoms with Crippen molar-refractivity contribution < 1.29 is 4.42 Å². The molecule has 5 aliphatic rings. The molecule has 0 atom stereocenters. The third-order valence-corrected chi connectivity index (χ3v) is 20.6. The molecule has 0 amide bonds. The fourth-order valence-electron chi connectivity index (χ4n) is 14.3. The maximum absolute atomic E-state index is 7.82. The summed E-state index contributed by atoms with van der Waals surface area (Å²) in [7, 11) is 0. The first-order chi connectivity index (χ1) is 37.0. The van der Waals surface area contributed by atoms with Crippen molar-refractivity contribution >= 4 is 74.0 Å². The molecular formula is C75H93BN2O. The third kappa shape index (κ3) is 9.17. The van der Waals surface area contributed by atoms with Crippen LogP contribution in [0.2, 0.25) is 0 Å². The van der Waals surface area contributed by atoms with Gasteiger partial charge >= 0.3 is 0 Å². The van der Waals surface area contributed by atoms with Crippen LogP contribution in [-0.2, 0) is 37.9 Å². The predicted molar refractivity (Wildman–Crippen MR) is 345 cm³/mol. The number of nitrogens with zero attached hydrogens (tertiary/aromatic N) is 2. The van der Waals surface area contributed by atoms with Crippen molar-refractivity contribution in [2.75, 3.05) is 9.80 Å². The van der Waals surface area contributed by atoms with Gasteiger partial charge in [0.1, 0.15) is 5.58 Å². The van der Waals surface area contributed by atoms with E-state index in [0.29, 0.717) is 5.92 Å². The summed E-state index contributed by atoms with van der Waals surface area (Å²) >= 11 is 0. The predicted octanol–water partition coefficient (Wildman–Crippen LogP) is 19.8. The van der Waals surface area contributed by atoms with Crippen molar-refractivity contribution in [3.63, 3.8) is 0 Å². The van der Waals surface area contributed by atoms with Crippen LogP contribution < -0.4 is 26.4 Å². The van der Waals surface area contributed by atoms with Crippen LogP contribution in [0.15, 0.2) is 125 Å². The van der Waals surface area contributed by atoms with Crippen LogP contribution in [0.4, 0.5) is 34.1 Å². The Hall–Kier alpha value is -5.74. The Morgan fingerprint density at radius 1 is 0.658 bits per heavy atom. The standard InChI is InChI=1S/C75H93BN2O/c1-20-21-25-48(4)75(18,19)50-28-31-53(32-29-50)77-63-41-52(69(5,6)7)42-64-66(63)76(68-67(77)55-43-56-59(46-65(55)79-68)74(16,17)39-36-71(56,10)11)60-44-57-58(73(14,15)38-37-72(57,12)13)45-62(60)78(64)61-33-30-51(70(8,9)35-34-47(2)3)40-54(61)49-26-23-22-24-27-49/h20-23,25-26,28-33,40-47H,24,27,34-39H2,1-19H3/b21-20-,48-25+. The van der Waals surface area contributed by atoms with Gasteiger partial charge < -0.3 is 14.2 Å². The Bertz CT molecular complexity index is 3550. The molecule has 3 heterocycles.